The third-order valence-electron chi connectivity index (χ3n) is 2.04. The van der Waals surface area contributed by atoms with Crippen LogP contribution in [0.1, 0.15) is 0 Å². The van der Waals surface area contributed by atoms with Crippen LogP contribution in [0.2, 0.25) is 0 Å². The molecule has 0 aliphatic heterocycles. The number of non-ortho nitro benzene ring substituents is 1. The van der Waals surface area contributed by atoms with E-state index in [2.05, 4.69) is 11.9 Å². The first-order chi connectivity index (χ1) is 8.15. The molecule has 0 aliphatic rings. The highest BCUT2D eigenvalue weighted by Gasteiger charge is 2.07. The van der Waals surface area contributed by atoms with Gasteiger partial charge in [-0.2, -0.15) is 11.8 Å². The lowest BCUT2D eigenvalue weighted by atomic mass is 10.2. The summed E-state index contributed by atoms with van der Waals surface area (Å²) in [6.07, 6.45) is 1.85. The van der Waals surface area contributed by atoms with Crippen LogP contribution in [0, 0.1) is 10.1 Å². The lowest BCUT2D eigenvalue weighted by molar-refractivity contribution is -0.384. The Morgan fingerprint density at radius 3 is 2.94 bits per heavy atom. The molecule has 17 heavy (non-hydrogen) atoms. The number of nitro groups is 1. The van der Waals surface area contributed by atoms with E-state index in [0.29, 0.717) is 5.69 Å². The van der Waals surface area contributed by atoms with Gasteiger partial charge >= 0.3 is 0 Å². The average Bonchev–Trinajstić information content (AvgIpc) is 2.30. The number of nitro benzene ring substituents is 1. The third kappa shape index (κ3) is 4.36. The molecule has 0 spiro atoms. The molecule has 0 saturated heterocycles. The zero-order valence-corrected chi connectivity index (χ0v) is 10.2. The summed E-state index contributed by atoms with van der Waals surface area (Å²) in [6.45, 7) is 4.40. The first-order valence-electron chi connectivity index (χ1n) is 5.11. The second-order valence-corrected chi connectivity index (χ2v) is 4.47. The number of hydrogen-bond donors (Lipinski definition) is 2. The molecule has 0 bridgehead atoms. The molecule has 0 aliphatic carbocycles. The Morgan fingerprint density at radius 2 is 2.35 bits per heavy atom. The van der Waals surface area contributed by atoms with E-state index in [4.69, 9.17) is 5.73 Å². The highest BCUT2D eigenvalue weighted by Crippen LogP contribution is 2.23. The summed E-state index contributed by atoms with van der Waals surface area (Å²) < 4.78 is 0. The first-order valence-corrected chi connectivity index (χ1v) is 6.27. The summed E-state index contributed by atoms with van der Waals surface area (Å²) in [5, 5.41) is 13.6. The number of anilines is 2. The van der Waals surface area contributed by atoms with E-state index in [0.717, 1.165) is 23.7 Å². The molecule has 1 aromatic carbocycles. The Hall–Kier alpha value is -1.69. The Labute approximate surface area is 104 Å². The molecule has 0 aromatic heterocycles. The summed E-state index contributed by atoms with van der Waals surface area (Å²) in [4.78, 5) is 10.1. The van der Waals surface area contributed by atoms with Crippen LogP contribution in [0.25, 0.3) is 0 Å². The minimum atomic E-state index is -0.458. The van der Waals surface area contributed by atoms with Crippen LogP contribution >= 0.6 is 11.8 Å². The smallest absolute Gasteiger partial charge is 0.271 e. The SMILES string of the molecule is C=CCSCCNc1ccc([N+](=O)[O-])cc1N. The third-order valence-corrected chi connectivity index (χ3v) is 3.01. The fourth-order valence-corrected chi connectivity index (χ4v) is 1.83. The van der Waals surface area contributed by atoms with Crippen molar-refractivity contribution in [1.29, 1.82) is 0 Å². The maximum absolute atomic E-state index is 10.5. The van der Waals surface area contributed by atoms with Crippen molar-refractivity contribution in [2.24, 2.45) is 0 Å². The van der Waals surface area contributed by atoms with Crippen LogP contribution in [0.4, 0.5) is 17.1 Å². The molecule has 0 unspecified atom stereocenters. The van der Waals surface area contributed by atoms with Gasteiger partial charge in [0.1, 0.15) is 0 Å². The topological polar surface area (TPSA) is 81.2 Å². The Balaban J connectivity index is 2.49. The molecule has 5 nitrogen and oxygen atoms in total. The van der Waals surface area contributed by atoms with Crippen LogP contribution in [0.15, 0.2) is 30.9 Å². The number of nitrogens with two attached hydrogens (primary N) is 1. The van der Waals surface area contributed by atoms with Gasteiger partial charge in [-0.25, -0.2) is 0 Å². The van der Waals surface area contributed by atoms with Crippen LogP contribution in [0.3, 0.4) is 0 Å². The van der Waals surface area contributed by atoms with Crippen molar-refractivity contribution in [3.05, 3.63) is 41.0 Å². The average molecular weight is 253 g/mol. The number of hydrogen-bond acceptors (Lipinski definition) is 5. The van der Waals surface area contributed by atoms with E-state index in [1.165, 1.54) is 12.1 Å². The minimum absolute atomic E-state index is 0.00841. The number of nitrogen functional groups attached to an aromatic ring is 1. The predicted octanol–water partition coefficient (Wildman–Crippen LogP) is 2.51. The second kappa shape index (κ2) is 6.80. The van der Waals surface area contributed by atoms with E-state index in [1.54, 1.807) is 17.8 Å². The zero-order valence-electron chi connectivity index (χ0n) is 9.39. The number of thioether (sulfide) groups is 1. The summed E-state index contributed by atoms with van der Waals surface area (Å²) in [7, 11) is 0. The highest BCUT2D eigenvalue weighted by atomic mass is 32.2. The van der Waals surface area contributed by atoms with Gasteiger partial charge in [0.05, 0.1) is 16.3 Å². The van der Waals surface area contributed by atoms with Gasteiger partial charge in [-0.15, -0.1) is 6.58 Å². The van der Waals surface area contributed by atoms with E-state index in [9.17, 15) is 10.1 Å². The Kier molecular flexibility index (Phi) is 5.35. The van der Waals surface area contributed by atoms with E-state index in [-0.39, 0.29) is 5.69 Å². The van der Waals surface area contributed by atoms with Gasteiger partial charge in [0.15, 0.2) is 0 Å². The number of benzene rings is 1. The van der Waals surface area contributed by atoms with Crippen molar-refractivity contribution in [3.8, 4) is 0 Å². The van der Waals surface area contributed by atoms with Crippen molar-refractivity contribution in [2.75, 3.05) is 29.1 Å². The molecule has 0 radical (unpaired) electrons. The molecule has 3 N–H and O–H groups in total. The van der Waals surface area contributed by atoms with Crippen LogP contribution in [-0.2, 0) is 0 Å². The van der Waals surface area contributed by atoms with Gasteiger partial charge < -0.3 is 11.1 Å². The maximum Gasteiger partial charge on any atom is 0.271 e. The molecular weight excluding hydrogens is 238 g/mol. The molecule has 0 fully saturated rings. The molecule has 0 heterocycles. The molecule has 1 aromatic rings. The molecule has 0 saturated carbocycles. The Bertz CT molecular complexity index is 410. The van der Waals surface area contributed by atoms with Crippen LogP contribution in [-0.4, -0.2) is 23.0 Å². The minimum Gasteiger partial charge on any atom is -0.397 e. The van der Waals surface area contributed by atoms with Crippen molar-refractivity contribution in [1.82, 2.24) is 0 Å². The van der Waals surface area contributed by atoms with Crippen LogP contribution in [0.5, 0.6) is 0 Å². The van der Waals surface area contributed by atoms with Crippen molar-refractivity contribution in [2.45, 2.75) is 0 Å². The molecule has 0 atom stereocenters. The summed E-state index contributed by atoms with van der Waals surface area (Å²) in [6, 6.07) is 4.43. The first kappa shape index (κ1) is 13.4. The van der Waals surface area contributed by atoms with Crippen molar-refractivity contribution in [3.63, 3.8) is 0 Å². The molecule has 92 valence electrons. The predicted molar refractivity (Wildman–Crippen MR) is 73.5 cm³/mol. The van der Waals surface area contributed by atoms with Gasteiger partial charge in [0.2, 0.25) is 0 Å². The monoisotopic (exact) mass is 253 g/mol. The van der Waals surface area contributed by atoms with Crippen LogP contribution < -0.4 is 11.1 Å². The van der Waals surface area contributed by atoms with Gasteiger partial charge in [0.25, 0.3) is 5.69 Å². The second-order valence-electron chi connectivity index (χ2n) is 3.32. The molecule has 1 rings (SSSR count). The van der Waals surface area contributed by atoms with Gasteiger partial charge in [-0.05, 0) is 6.07 Å². The van der Waals surface area contributed by atoms with Gasteiger partial charge in [-0.3, -0.25) is 10.1 Å². The quantitative estimate of drug-likeness (QED) is 0.256. The molecular formula is C11H15N3O2S. The van der Waals surface area contributed by atoms with Gasteiger partial charge in [0, 0.05) is 30.2 Å². The number of rotatable bonds is 7. The molecule has 6 heteroatoms. The van der Waals surface area contributed by atoms with Crippen molar-refractivity contribution >= 4 is 28.8 Å². The lowest BCUT2D eigenvalue weighted by Crippen LogP contribution is -2.06. The number of nitrogens with one attached hydrogen (secondary N) is 1. The fourth-order valence-electron chi connectivity index (χ4n) is 1.25. The summed E-state index contributed by atoms with van der Waals surface area (Å²) in [5.74, 6) is 1.85. The van der Waals surface area contributed by atoms with E-state index in [1.807, 2.05) is 6.08 Å². The number of nitrogens with zero attached hydrogens (tertiary/aromatic N) is 1. The highest BCUT2D eigenvalue weighted by molar-refractivity contribution is 7.99. The standard InChI is InChI=1S/C11H15N3O2S/c1-2-6-17-7-5-13-11-4-3-9(14(15)16)8-10(11)12/h2-4,8,13H,1,5-7,12H2. The van der Waals surface area contributed by atoms with E-state index >= 15 is 0 Å². The summed E-state index contributed by atoms with van der Waals surface area (Å²) >= 11 is 1.76. The largest absolute Gasteiger partial charge is 0.397 e. The van der Waals surface area contributed by atoms with E-state index < -0.39 is 4.92 Å². The Morgan fingerprint density at radius 1 is 1.59 bits per heavy atom. The maximum atomic E-state index is 10.5. The fraction of sp³-hybridized carbons (Fsp3) is 0.273. The zero-order chi connectivity index (χ0) is 12.7. The normalized spacial score (nSPS) is 9.88. The van der Waals surface area contributed by atoms with Gasteiger partial charge in [-0.1, -0.05) is 6.08 Å². The molecule has 0 amide bonds. The lowest BCUT2D eigenvalue weighted by Gasteiger charge is -2.08. The van der Waals surface area contributed by atoms with Crippen molar-refractivity contribution < 1.29 is 4.92 Å². The summed E-state index contributed by atoms with van der Waals surface area (Å²) in [5.41, 5.74) is 6.85.